The number of fused-ring (bicyclic) bond motifs is 15. The predicted molar refractivity (Wildman–Crippen MR) is 398 cm³/mol. The molecule has 20 rings (SSSR count). The van der Waals surface area contributed by atoms with Crippen LogP contribution in [0.1, 0.15) is 200 Å². The number of nitrogens with one attached hydrogen (secondary N) is 4. The van der Waals surface area contributed by atoms with Gasteiger partial charge in [-0.1, -0.05) is 72.6 Å². The lowest BCUT2D eigenvalue weighted by atomic mass is 9.44. The number of allylic oxidation sites excluding steroid dienone is 2. The molecular formula is C83H115F3N8O17S. The number of alkyl carbamates (subject to hydrolysis) is 1. The normalized spacial score (nSPS) is 48.3. The van der Waals surface area contributed by atoms with E-state index in [4.69, 9.17) is 42.6 Å². The number of hydrogen-bond donors (Lipinski definition) is 8. The van der Waals surface area contributed by atoms with Crippen molar-refractivity contribution in [2.75, 3.05) is 65.1 Å². The number of carbonyl (C=O) groups excluding carboxylic acids is 4. The minimum absolute atomic E-state index is 0.00708. The molecule has 11 aliphatic heterocycles. The van der Waals surface area contributed by atoms with Crippen LogP contribution >= 0.6 is 11.8 Å². The van der Waals surface area contributed by atoms with Gasteiger partial charge in [-0.15, -0.1) is 10.2 Å². The number of nitrogens with zero attached hydrogens (tertiary/aromatic N) is 4. The van der Waals surface area contributed by atoms with Crippen LogP contribution in [0.5, 0.6) is 5.75 Å². The summed E-state index contributed by atoms with van der Waals surface area (Å²) in [6, 6.07) is 3.60. The summed E-state index contributed by atoms with van der Waals surface area (Å²) in [5.41, 5.74) is -4.36. The highest BCUT2D eigenvalue weighted by molar-refractivity contribution is 8.00. The number of ether oxygens (including phenoxy) is 9. The van der Waals surface area contributed by atoms with Gasteiger partial charge in [0.25, 0.3) is 0 Å². The second-order valence-corrected chi connectivity index (χ2v) is 40.1. The number of carbonyl (C=O) groups is 4. The lowest BCUT2D eigenvalue weighted by Crippen LogP contribution is -2.66. The second kappa shape index (κ2) is 26.0. The Labute approximate surface area is 657 Å². The minimum Gasteiger partial charge on any atom is -0.490 e. The van der Waals surface area contributed by atoms with Crippen LogP contribution in [0.3, 0.4) is 0 Å². The standard InChI is InChI=1S/C83H115F3N8O17S/c1-10-72(5)20-22-77(111-72)43(2)66-59(109-77)34-51-48-17-15-45-31-55-56(94-79-38-47-32-57(95)65-52(74(47,7)41-80(79,94)93(55)79)35-61(96)76(9)53(65)37-63-81(76,102)44(3)78(110-63)21-19-71(4,101)42-107-78)39-73(45,6)50(48)36-62(75(51,66)8)108-70(100)88-24-26-106-68(98)49-18-16-46(82(91-92-82)83(84,85)86)33-58(49)105-30-29-104-28-27-103-25-23-87-64(97)14-12-11-13-60-67-54(40-112-60)89-69(99)90-67/h16,18,33,37,43-45,47-48,50-52,54,57,59-63,65-67,95-96,101-102H,10-15,17,19-32,34-36,38-42H2,1-9H3,(H,87,97)(H,88,100)(H2,89,90,99)/t43-,44+,45-,47-,48+,50-,51+,52-,54-,57-,59-,60-,61+,62+,63-,65+,66-,67-,71-,72-,73-,74-,75+,76+,77+,78+,79?,80?,81+,93?,94?/m0/s1. The zero-order chi connectivity index (χ0) is 78.5. The van der Waals surface area contributed by atoms with Crippen LogP contribution in [-0.4, -0.2) is 213 Å². The van der Waals surface area contributed by atoms with Crippen molar-refractivity contribution in [3.63, 3.8) is 0 Å². The molecule has 4 amide bonds. The van der Waals surface area contributed by atoms with Gasteiger partial charge in [-0.2, -0.15) is 24.9 Å². The van der Waals surface area contributed by atoms with Crippen LogP contribution in [0.4, 0.5) is 22.8 Å². The molecule has 112 heavy (non-hydrogen) atoms. The lowest BCUT2D eigenvalue weighted by molar-refractivity contribution is -0.289. The number of thioether (sulfide) groups is 1. The van der Waals surface area contributed by atoms with Gasteiger partial charge in [0.2, 0.25) is 5.91 Å². The molecule has 8 N–H and O–H groups in total. The van der Waals surface area contributed by atoms with Gasteiger partial charge in [0, 0.05) is 88.3 Å². The monoisotopic (exact) mass is 1580 g/mol. The van der Waals surface area contributed by atoms with Crippen molar-refractivity contribution >= 4 is 35.8 Å². The quantitative estimate of drug-likeness (QED) is 0.0176. The molecule has 616 valence electrons. The first-order valence-electron chi connectivity index (χ1n) is 42.2. The van der Waals surface area contributed by atoms with Crippen molar-refractivity contribution in [3.05, 3.63) is 52.4 Å². The molecule has 0 radical (unpaired) electrons. The third-order valence-corrected chi connectivity index (χ3v) is 35.3. The lowest BCUT2D eigenvalue weighted by Gasteiger charge is -2.62. The molecule has 4 spiro atoms. The maximum Gasteiger partial charge on any atom is 0.442 e. The van der Waals surface area contributed by atoms with Gasteiger partial charge in [0.05, 0.1) is 81.2 Å². The summed E-state index contributed by atoms with van der Waals surface area (Å²) >= 11 is 1.85. The van der Waals surface area contributed by atoms with Crippen molar-refractivity contribution in [2.45, 2.75) is 284 Å². The Bertz CT molecular complexity index is 4100. The maximum absolute atomic E-state index is 14.7. The highest BCUT2D eigenvalue weighted by atomic mass is 32.2. The van der Waals surface area contributed by atoms with E-state index in [1.165, 1.54) is 17.5 Å². The number of rotatable bonds is 22. The Morgan fingerprint density at radius 2 is 1.57 bits per heavy atom. The molecule has 0 aromatic heterocycles. The summed E-state index contributed by atoms with van der Waals surface area (Å²) in [7, 11) is 0. The van der Waals surface area contributed by atoms with E-state index in [1.807, 2.05) is 25.6 Å². The topological polar surface area (TPSA) is 311 Å². The number of alkyl halides is 3. The molecule has 1 aromatic carbocycles. The number of benzene rings is 1. The average molecular weight is 1590 g/mol. The Hall–Kier alpha value is -5.08. The smallest absolute Gasteiger partial charge is 0.442 e. The first-order valence-corrected chi connectivity index (χ1v) is 43.3. The fourth-order valence-electron chi connectivity index (χ4n) is 27.7. The molecule has 8 aliphatic carbocycles. The average Bonchev–Trinajstić information content (AvgIpc) is 1.37. The van der Waals surface area contributed by atoms with Crippen LogP contribution in [0.15, 0.2) is 51.5 Å². The first kappa shape index (κ1) is 76.9. The number of esters is 1. The molecule has 29 atom stereocenters. The number of amides is 4. The molecule has 11 heterocycles. The van der Waals surface area contributed by atoms with Gasteiger partial charge >= 0.3 is 29.9 Å². The van der Waals surface area contributed by atoms with Crippen molar-refractivity contribution in [2.24, 2.45) is 91.1 Å². The fourth-order valence-corrected chi connectivity index (χ4v) is 29.2. The Balaban J connectivity index is 0.498. The third kappa shape index (κ3) is 10.7. The van der Waals surface area contributed by atoms with Crippen LogP contribution in [0.2, 0.25) is 0 Å². The zero-order valence-electron chi connectivity index (χ0n) is 66.1. The molecule has 2 bridgehead atoms. The van der Waals surface area contributed by atoms with E-state index in [2.05, 4.69) is 88.9 Å². The number of halogens is 3. The van der Waals surface area contributed by atoms with E-state index in [1.54, 1.807) is 6.92 Å². The van der Waals surface area contributed by atoms with Gasteiger partial charge in [0.1, 0.15) is 42.3 Å². The predicted octanol–water partition coefficient (Wildman–Crippen LogP) is 9.97. The highest BCUT2D eigenvalue weighted by Gasteiger charge is 3.03. The largest absolute Gasteiger partial charge is 0.490 e. The molecule has 8 saturated heterocycles. The molecule has 1 aromatic rings. The number of unbranched alkanes of at least 4 members (excludes halogenated alkanes) is 1. The molecule has 6 saturated carbocycles. The van der Waals surface area contributed by atoms with Crippen molar-refractivity contribution in [1.29, 1.82) is 0 Å². The summed E-state index contributed by atoms with van der Waals surface area (Å²) in [5.74, 6) is -1.48. The minimum atomic E-state index is -4.84. The SMILES string of the molecule is CC[C@@]1(C)CC[C@@]2(O[C@H]3C[C@@H]4[C@@H]5CC[C@H]6CC7=C(C[C@]6(C)[C@H]5C[C@@H](OC(=O)NCCOC(=O)c5ccc(C6(C(F)(F)F)N=N6)cc5OCCOCCOCCNC(=O)CCCC[C@@H]5SC[C@@H]6NC(=O)N[C@@H]65)[C@]4(C)[C@H]3[C@@H]2C)N2C34C[C@@H]5C[C@H](O)[C@H]6C8=C[C@@H]9O[C@]%10(CC[C@](C)(O)CO%10)[C@@H](C)[C@]9(O)[C@@]8(C)[C@H](O)C[C@@H]6[C@@]5(C)CC23N74)O1. The van der Waals surface area contributed by atoms with E-state index in [0.29, 0.717) is 62.2 Å². The van der Waals surface area contributed by atoms with Gasteiger partial charge in [-0.05, 0) is 169 Å². The third-order valence-electron chi connectivity index (χ3n) is 33.8. The van der Waals surface area contributed by atoms with Crippen LogP contribution in [0, 0.1) is 80.8 Å². The Morgan fingerprint density at radius 1 is 0.812 bits per heavy atom. The number of urea groups is 1. The summed E-state index contributed by atoms with van der Waals surface area (Å²) < 4.78 is 101. The Kier molecular flexibility index (Phi) is 17.8. The fraction of sp³-hybridized carbons (Fsp3) is 0.831. The van der Waals surface area contributed by atoms with E-state index in [-0.39, 0.29) is 169 Å². The molecular weight excluding hydrogens is 1470 g/mol. The van der Waals surface area contributed by atoms with Crippen molar-refractivity contribution in [1.82, 2.24) is 31.1 Å². The number of aliphatic hydroxyl groups is 4. The van der Waals surface area contributed by atoms with Crippen LogP contribution < -0.4 is 26.0 Å². The van der Waals surface area contributed by atoms with Gasteiger partial charge < -0.3 is 94.1 Å². The van der Waals surface area contributed by atoms with Crippen LogP contribution in [-0.2, 0) is 48.4 Å². The zero-order valence-corrected chi connectivity index (χ0v) is 67.0. The summed E-state index contributed by atoms with van der Waals surface area (Å²) in [4.78, 5) is 58.5. The molecule has 2 unspecified atom stereocenters. The number of aliphatic hydroxyl groups excluding tert-OH is 2. The van der Waals surface area contributed by atoms with E-state index < -0.39 is 87.8 Å². The van der Waals surface area contributed by atoms with Gasteiger partial charge in [-0.25, -0.2) is 14.4 Å². The molecule has 29 heteroatoms. The molecule has 19 aliphatic rings. The van der Waals surface area contributed by atoms with Crippen LogP contribution in [0.25, 0.3) is 0 Å². The van der Waals surface area contributed by atoms with E-state index in [9.17, 15) is 52.8 Å². The maximum atomic E-state index is 14.7. The van der Waals surface area contributed by atoms with E-state index in [0.717, 1.165) is 107 Å². The highest BCUT2D eigenvalue weighted by Crippen LogP contribution is 2.92. The van der Waals surface area contributed by atoms with Crippen molar-refractivity contribution < 1.29 is 95.4 Å². The van der Waals surface area contributed by atoms with Crippen molar-refractivity contribution in [3.8, 4) is 5.75 Å². The molecule has 14 fully saturated rings. The summed E-state index contributed by atoms with van der Waals surface area (Å²) in [6.45, 7) is 20.1. The first-order chi connectivity index (χ1) is 53.1. The molecule has 25 nitrogen and oxygen atoms in total. The summed E-state index contributed by atoms with van der Waals surface area (Å²) in [6.07, 6.45) is 8.58. The van der Waals surface area contributed by atoms with E-state index >= 15 is 0 Å². The summed E-state index contributed by atoms with van der Waals surface area (Å²) in [5, 5.41) is 68.3. The number of hydrogen-bond acceptors (Lipinski definition) is 22. The Morgan fingerprint density at radius 3 is 2.32 bits per heavy atom. The van der Waals surface area contributed by atoms with Gasteiger partial charge in [-0.3, -0.25) is 4.79 Å². The van der Waals surface area contributed by atoms with Gasteiger partial charge in [0.15, 0.2) is 22.9 Å². The second-order valence-electron chi connectivity index (χ2n) is 38.9.